The predicted molar refractivity (Wildman–Crippen MR) is 55.4 cm³/mol. The molecular formula is C11H12N2O2. The van der Waals surface area contributed by atoms with Gasteiger partial charge >= 0.3 is 5.97 Å². The molecule has 78 valence electrons. The number of rotatable bonds is 2. The molecule has 1 N–H and O–H groups in total. The van der Waals surface area contributed by atoms with Gasteiger partial charge in [-0.25, -0.2) is 14.8 Å². The van der Waals surface area contributed by atoms with E-state index >= 15 is 0 Å². The van der Waals surface area contributed by atoms with Gasteiger partial charge in [-0.05, 0) is 31.3 Å². The van der Waals surface area contributed by atoms with Crippen molar-refractivity contribution in [2.45, 2.75) is 25.7 Å². The second-order valence-electron chi connectivity index (χ2n) is 3.57. The van der Waals surface area contributed by atoms with Crippen LogP contribution in [0.2, 0.25) is 0 Å². The van der Waals surface area contributed by atoms with Crippen LogP contribution in [0.15, 0.2) is 18.6 Å². The van der Waals surface area contributed by atoms with Crippen LogP contribution >= 0.6 is 0 Å². The maximum Gasteiger partial charge on any atom is 0.339 e. The second kappa shape index (κ2) is 4.21. The average molecular weight is 204 g/mol. The van der Waals surface area contributed by atoms with Gasteiger partial charge in [-0.2, -0.15) is 0 Å². The van der Waals surface area contributed by atoms with Crippen molar-refractivity contribution in [1.29, 1.82) is 0 Å². The Hall–Kier alpha value is -1.71. The van der Waals surface area contributed by atoms with Gasteiger partial charge in [-0.15, -0.1) is 0 Å². The van der Waals surface area contributed by atoms with Crippen LogP contribution in [0.1, 0.15) is 41.7 Å². The molecule has 0 radical (unpaired) electrons. The van der Waals surface area contributed by atoms with E-state index in [1.54, 1.807) is 0 Å². The maximum absolute atomic E-state index is 11.0. The fourth-order valence-electron chi connectivity index (χ4n) is 1.80. The minimum atomic E-state index is -0.961. The summed E-state index contributed by atoms with van der Waals surface area (Å²) in [7, 11) is 0. The minimum Gasteiger partial charge on any atom is -0.478 e. The lowest BCUT2D eigenvalue weighted by Crippen LogP contribution is -2.06. The fourth-order valence-corrected chi connectivity index (χ4v) is 1.80. The highest BCUT2D eigenvalue weighted by molar-refractivity contribution is 5.92. The Morgan fingerprint density at radius 2 is 2.27 bits per heavy atom. The van der Waals surface area contributed by atoms with Crippen LogP contribution in [0.25, 0.3) is 5.57 Å². The summed E-state index contributed by atoms with van der Waals surface area (Å²) in [6.07, 6.45) is 9.05. The highest BCUT2D eigenvalue weighted by atomic mass is 16.4. The number of nitrogens with zero attached hydrogens (tertiary/aromatic N) is 2. The molecule has 4 nitrogen and oxygen atoms in total. The molecule has 0 amide bonds. The molecule has 4 heteroatoms. The molecular weight excluding hydrogens is 192 g/mol. The van der Waals surface area contributed by atoms with Crippen LogP contribution in [0.4, 0.5) is 0 Å². The minimum absolute atomic E-state index is 0.200. The quantitative estimate of drug-likeness (QED) is 0.801. The Morgan fingerprint density at radius 3 is 2.93 bits per heavy atom. The van der Waals surface area contributed by atoms with Crippen molar-refractivity contribution in [1.82, 2.24) is 9.97 Å². The van der Waals surface area contributed by atoms with Gasteiger partial charge in [0.15, 0.2) is 0 Å². The number of hydrogen-bond donors (Lipinski definition) is 1. The van der Waals surface area contributed by atoms with Gasteiger partial charge in [0.05, 0.1) is 5.69 Å². The largest absolute Gasteiger partial charge is 0.478 e. The van der Waals surface area contributed by atoms with Gasteiger partial charge in [0.1, 0.15) is 11.9 Å². The number of carbonyl (C=O) groups is 1. The summed E-state index contributed by atoms with van der Waals surface area (Å²) in [6.45, 7) is 0. The summed E-state index contributed by atoms with van der Waals surface area (Å²) in [5, 5.41) is 8.99. The molecule has 0 saturated carbocycles. The zero-order valence-corrected chi connectivity index (χ0v) is 8.31. The molecule has 0 saturated heterocycles. The van der Waals surface area contributed by atoms with Gasteiger partial charge in [-0.1, -0.05) is 6.08 Å². The van der Waals surface area contributed by atoms with Gasteiger partial charge in [0, 0.05) is 6.20 Å². The van der Waals surface area contributed by atoms with E-state index in [9.17, 15) is 4.79 Å². The average Bonchev–Trinajstić information content (AvgIpc) is 2.30. The SMILES string of the molecule is O=C(O)c1cncnc1C1=CCCCC1. The number of aromatic carboxylic acids is 1. The number of allylic oxidation sites excluding steroid dienone is 2. The monoisotopic (exact) mass is 204 g/mol. The number of hydrogen-bond acceptors (Lipinski definition) is 3. The summed E-state index contributed by atoms with van der Waals surface area (Å²) in [5.41, 5.74) is 1.82. The first-order valence-electron chi connectivity index (χ1n) is 5.02. The number of carboxylic acids is 1. The lowest BCUT2D eigenvalue weighted by atomic mass is 9.95. The number of carboxylic acid groups (broad SMARTS) is 1. The third kappa shape index (κ3) is 2.03. The second-order valence-corrected chi connectivity index (χ2v) is 3.57. The first-order valence-corrected chi connectivity index (χ1v) is 5.02. The van der Waals surface area contributed by atoms with Crippen molar-refractivity contribution >= 4 is 11.5 Å². The highest BCUT2D eigenvalue weighted by Gasteiger charge is 2.16. The Labute approximate surface area is 87.7 Å². The molecule has 0 aliphatic heterocycles. The topological polar surface area (TPSA) is 63.1 Å². The number of aromatic nitrogens is 2. The molecule has 0 fully saturated rings. The van der Waals surface area contributed by atoms with Gasteiger partial charge in [0.2, 0.25) is 0 Å². The van der Waals surface area contributed by atoms with Crippen LogP contribution in [-0.4, -0.2) is 21.0 Å². The van der Waals surface area contributed by atoms with Crippen molar-refractivity contribution in [2.75, 3.05) is 0 Å². The molecule has 0 unspecified atom stereocenters. The Bertz CT molecular complexity index is 413. The van der Waals surface area contributed by atoms with E-state index in [0.717, 1.165) is 24.8 Å². The van der Waals surface area contributed by atoms with Gasteiger partial charge in [0.25, 0.3) is 0 Å². The molecule has 0 atom stereocenters. The zero-order valence-electron chi connectivity index (χ0n) is 8.31. The Balaban J connectivity index is 2.42. The third-order valence-corrected chi connectivity index (χ3v) is 2.54. The molecule has 2 rings (SSSR count). The Kier molecular flexibility index (Phi) is 2.76. The first-order chi connectivity index (χ1) is 7.29. The van der Waals surface area contributed by atoms with E-state index in [0.29, 0.717) is 5.69 Å². The van der Waals surface area contributed by atoms with E-state index < -0.39 is 5.97 Å². The van der Waals surface area contributed by atoms with Crippen LogP contribution in [-0.2, 0) is 0 Å². The first kappa shape index (κ1) is 9.83. The lowest BCUT2D eigenvalue weighted by molar-refractivity contribution is 0.0695. The van der Waals surface area contributed by atoms with Crippen molar-refractivity contribution in [3.05, 3.63) is 29.9 Å². The molecule has 1 aromatic heterocycles. The predicted octanol–water partition coefficient (Wildman–Crippen LogP) is 2.13. The van der Waals surface area contributed by atoms with Crippen LogP contribution in [0, 0.1) is 0 Å². The van der Waals surface area contributed by atoms with Gasteiger partial charge in [-0.3, -0.25) is 0 Å². The van der Waals surface area contributed by atoms with E-state index in [-0.39, 0.29) is 5.56 Å². The highest BCUT2D eigenvalue weighted by Crippen LogP contribution is 2.26. The standard InChI is InChI=1S/C11H12N2O2/c14-11(15)9-6-12-7-13-10(9)8-4-2-1-3-5-8/h4,6-7H,1-3,5H2,(H,14,15). The van der Waals surface area contributed by atoms with Gasteiger partial charge < -0.3 is 5.11 Å². The lowest BCUT2D eigenvalue weighted by Gasteiger charge is -2.13. The molecule has 1 aliphatic carbocycles. The molecule has 0 spiro atoms. The smallest absolute Gasteiger partial charge is 0.339 e. The van der Waals surface area contributed by atoms with Crippen molar-refractivity contribution in [3.8, 4) is 0 Å². The Morgan fingerprint density at radius 1 is 1.40 bits per heavy atom. The molecule has 1 aliphatic rings. The fraction of sp³-hybridized carbons (Fsp3) is 0.364. The van der Waals surface area contributed by atoms with Crippen LogP contribution in [0.3, 0.4) is 0 Å². The van der Waals surface area contributed by atoms with Crippen LogP contribution < -0.4 is 0 Å². The molecule has 1 heterocycles. The van der Waals surface area contributed by atoms with Crippen molar-refractivity contribution in [3.63, 3.8) is 0 Å². The van der Waals surface area contributed by atoms with E-state index in [1.807, 2.05) is 0 Å². The maximum atomic E-state index is 11.0. The van der Waals surface area contributed by atoms with E-state index in [2.05, 4.69) is 16.0 Å². The summed E-state index contributed by atoms with van der Waals surface area (Å²) in [4.78, 5) is 18.8. The molecule has 15 heavy (non-hydrogen) atoms. The summed E-state index contributed by atoms with van der Waals surface area (Å²) >= 11 is 0. The third-order valence-electron chi connectivity index (χ3n) is 2.54. The zero-order chi connectivity index (χ0) is 10.7. The van der Waals surface area contributed by atoms with E-state index in [1.165, 1.54) is 18.9 Å². The van der Waals surface area contributed by atoms with Crippen molar-refractivity contribution < 1.29 is 9.90 Å². The summed E-state index contributed by atoms with van der Waals surface area (Å²) in [5.74, 6) is -0.961. The molecule has 1 aromatic rings. The molecule has 0 aromatic carbocycles. The van der Waals surface area contributed by atoms with Crippen LogP contribution in [0.5, 0.6) is 0 Å². The summed E-state index contributed by atoms with van der Waals surface area (Å²) < 4.78 is 0. The summed E-state index contributed by atoms with van der Waals surface area (Å²) in [6, 6.07) is 0. The molecule has 0 bridgehead atoms. The normalized spacial score (nSPS) is 15.9. The van der Waals surface area contributed by atoms with E-state index in [4.69, 9.17) is 5.11 Å². The van der Waals surface area contributed by atoms with Crippen molar-refractivity contribution in [2.24, 2.45) is 0 Å².